The van der Waals surface area contributed by atoms with Crippen LogP contribution in [0.25, 0.3) is 22.3 Å². The van der Waals surface area contributed by atoms with Gasteiger partial charge in [0.05, 0.1) is 29.4 Å². The van der Waals surface area contributed by atoms with Crippen LogP contribution in [0.4, 0.5) is 5.82 Å². The van der Waals surface area contributed by atoms with Gasteiger partial charge in [0.15, 0.2) is 26.8 Å². The highest BCUT2D eigenvalue weighted by atomic mass is 32.2. The third kappa shape index (κ3) is 5.22. The summed E-state index contributed by atoms with van der Waals surface area (Å²) >= 11 is 0. The van der Waals surface area contributed by atoms with E-state index in [9.17, 15) is 13.7 Å². The summed E-state index contributed by atoms with van der Waals surface area (Å²) in [5.74, 6) is 1.03. The zero-order valence-electron chi connectivity index (χ0n) is 22.9. The molecule has 1 fully saturated rings. The van der Waals surface area contributed by atoms with Crippen molar-refractivity contribution in [2.45, 2.75) is 57.2 Å². The molecule has 0 amide bonds. The van der Waals surface area contributed by atoms with Gasteiger partial charge in [0.2, 0.25) is 0 Å². The molecule has 1 aromatic carbocycles. The lowest BCUT2D eigenvalue weighted by atomic mass is 9.91. The Morgan fingerprint density at radius 2 is 2.08 bits per heavy atom. The molecule has 4 heterocycles. The van der Waals surface area contributed by atoms with Crippen LogP contribution in [0.15, 0.2) is 42.1 Å². The van der Waals surface area contributed by atoms with Crippen molar-refractivity contribution in [3.8, 4) is 22.9 Å². The number of hydrogen-bond acceptors (Lipinski definition) is 10. The SMILES string of the molecule is CCOc1c(C(C)Nc2ncnc3c2ncn3C2CCCCO2)cc(C)c(C#N)c1-c1cncc(S(C)(=O)=O)c1. The number of aromatic nitrogens is 5. The average Bonchev–Trinajstić information content (AvgIpc) is 3.39. The molecule has 0 aliphatic carbocycles. The van der Waals surface area contributed by atoms with Crippen molar-refractivity contribution in [3.05, 3.63) is 53.9 Å². The molecular formula is C28H31N7O4S. The Balaban J connectivity index is 1.59. The number of anilines is 1. The normalized spacial score (nSPS) is 16.4. The first-order valence-corrected chi connectivity index (χ1v) is 15.0. The summed E-state index contributed by atoms with van der Waals surface area (Å²) in [5.41, 5.74) is 4.18. The number of aryl methyl sites for hydroxylation is 1. The molecule has 0 radical (unpaired) electrons. The highest BCUT2D eigenvalue weighted by molar-refractivity contribution is 7.90. The quantitative estimate of drug-likeness (QED) is 0.320. The van der Waals surface area contributed by atoms with E-state index < -0.39 is 9.84 Å². The fraction of sp³-hybridized carbons (Fsp3) is 0.393. The number of benzene rings is 1. The van der Waals surface area contributed by atoms with Gasteiger partial charge in [-0.3, -0.25) is 9.55 Å². The summed E-state index contributed by atoms with van der Waals surface area (Å²) in [6, 6.07) is 5.38. The van der Waals surface area contributed by atoms with Gasteiger partial charge in [0.25, 0.3) is 0 Å². The number of rotatable bonds is 8. The molecule has 0 bridgehead atoms. The molecule has 40 heavy (non-hydrogen) atoms. The fourth-order valence-electron chi connectivity index (χ4n) is 5.02. The van der Waals surface area contributed by atoms with Gasteiger partial charge in [0, 0.05) is 41.9 Å². The first kappa shape index (κ1) is 27.5. The first-order valence-electron chi connectivity index (χ1n) is 13.1. The van der Waals surface area contributed by atoms with Crippen LogP contribution in [0.2, 0.25) is 0 Å². The van der Waals surface area contributed by atoms with E-state index in [4.69, 9.17) is 9.47 Å². The molecule has 208 valence electrons. The third-order valence-electron chi connectivity index (χ3n) is 6.98. The Hall–Kier alpha value is -4.08. The van der Waals surface area contributed by atoms with Crippen molar-refractivity contribution in [3.63, 3.8) is 0 Å². The minimum Gasteiger partial charge on any atom is -0.493 e. The monoisotopic (exact) mass is 561 g/mol. The summed E-state index contributed by atoms with van der Waals surface area (Å²) in [5, 5.41) is 13.5. The van der Waals surface area contributed by atoms with Crippen LogP contribution < -0.4 is 10.1 Å². The first-order chi connectivity index (χ1) is 19.2. The topological polar surface area (TPSA) is 145 Å². The van der Waals surface area contributed by atoms with Gasteiger partial charge in [-0.25, -0.2) is 23.4 Å². The number of hydrogen-bond donors (Lipinski definition) is 1. The Morgan fingerprint density at radius 1 is 1.25 bits per heavy atom. The lowest BCUT2D eigenvalue weighted by Gasteiger charge is -2.24. The lowest BCUT2D eigenvalue weighted by molar-refractivity contribution is -0.0298. The predicted molar refractivity (Wildman–Crippen MR) is 150 cm³/mol. The molecule has 0 saturated carbocycles. The maximum atomic E-state index is 12.3. The Bertz CT molecular complexity index is 1710. The van der Waals surface area contributed by atoms with Crippen molar-refractivity contribution < 1.29 is 17.9 Å². The van der Waals surface area contributed by atoms with Crippen molar-refractivity contribution in [2.24, 2.45) is 0 Å². The second-order valence-corrected chi connectivity index (χ2v) is 11.8. The number of pyridine rings is 1. The van der Waals surface area contributed by atoms with Crippen molar-refractivity contribution in [1.29, 1.82) is 5.26 Å². The maximum Gasteiger partial charge on any atom is 0.177 e. The summed E-state index contributed by atoms with van der Waals surface area (Å²) in [4.78, 5) is 17.8. The van der Waals surface area contributed by atoms with Gasteiger partial charge in [-0.05, 0) is 57.7 Å². The fourth-order valence-corrected chi connectivity index (χ4v) is 5.61. The van der Waals surface area contributed by atoms with Crippen LogP contribution in [-0.4, -0.2) is 52.4 Å². The zero-order chi connectivity index (χ0) is 28.4. The molecule has 1 aliphatic rings. The standard InChI is InChI=1S/C28H31N7O4S/c1-5-38-26-21(10-17(2)22(12-29)24(26)19-11-20(14-30-13-19)40(4,36)37)18(3)34-27-25-28(32-15-31-27)35(16-33-25)23-8-6-7-9-39-23/h10-11,13-16,18,23H,5-9H2,1-4H3,(H,31,32,34). The zero-order valence-corrected chi connectivity index (χ0v) is 23.7. The van der Waals surface area contributed by atoms with E-state index in [1.165, 1.54) is 18.6 Å². The number of nitrogens with zero attached hydrogens (tertiary/aromatic N) is 6. The number of nitrogens with one attached hydrogen (secondary N) is 1. The number of ether oxygens (including phenoxy) is 2. The van der Waals surface area contributed by atoms with Crippen LogP contribution in [0.1, 0.15) is 62.1 Å². The number of sulfone groups is 1. The van der Waals surface area contributed by atoms with E-state index in [1.807, 2.05) is 31.4 Å². The van der Waals surface area contributed by atoms with Gasteiger partial charge < -0.3 is 14.8 Å². The number of nitriles is 1. The average molecular weight is 562 g/mol. The molecule has 0 spiro atoms. The van der Waals surface area contributed by atoms with Crippen LogP contribution in [0.5, 0.6) is 5.75 Å². The molecule has 11 nitrogen and oxygen atoms in total. The second kappa shape index (κ2) is 11.2. The van der Waals surface area contributed by atoms with Crippen LogP contribution in [-0.2, 0) is 14.6 Å². The van der Waals surface area contributed by atoms with Crippen molar-refractivity contribution >= 4 is 26.8 Å². The number of fused-ring (bicyclic) bond motifs is 1. The molecule has 4 aromatic rings. The van der Waals surface area contributed by atoms with Crippen LogP contribution in [0.3, 0.4) is 0 Å². The summed E-state index contributed by atoms with van der Waals surface area (Å²) in [6.07, 6.45) is 10.1. The Kier molecular flexibility index (Phi) is 7.69. The molecule has 2 unspecified atom stereocenters. The molecule has 2 atom stereocenters. The molecule has 1 saturated heterocycles. The van der Waals surface area contributed by atoms with E-state index in [1.54, 1.807) is 12.5 Å². The smallest absolute Gasteiger partial charge is 0.177 e. The molecule has 1 aliphatic heterocycles. The van der Waals surface area contributed by atoms with Gasteiger partial charge >= 0.3 is 0 Å². The lowest BCUT2D eigenvalue weighted by Crippen LogP contribution is -2.18. The van der Waals surface area contributed by atoms with E-state index in [0.717, 1.165) is 36.6 Å². The Morgan fingerprint density at radius 3 is 2.77 bits per heavy atom. The highest BCUT2D eigenvalue weighted by Gasteiger charge is 2.25. The van der Waals surface area contributed by atoms with Gasteiger partial charge in [0.1, 0.15) is 24.4 Å². The van der Waals surface area contributed by atoms with E-state index in [-0.39, 0.29) is 17.2 Å². The van der Waals surface area contributed by atoms with Crippen LogP contribution in [0, 0.1) is 18.3 Å². The van der Waals surface area contributed by atoms with E-state index >= 15 is 0 Å². The van der Waals surface area contributed by atoms with Gasteiger partial charge in [-0.1, -0.05) is 0 Å². The third-order valence-corrected chi connectivity index (χ3v) is 8.06. The van der Waals surface area contributed by atoms with Gasteiger partial charge in [-0.15, -0.1) is 0 Å². The van der Waals surface area contributed by atoms with Crippen molar-refractivity contribution in [1.82, 2.24) is 24.5 Å². The summed E-state index contributed by atoms with van der Waals surface area (Å²) in [6.45, 7) is 6.71. The highest BCUT2D eigenvalue weighted by Crippen LogP contribution is 2.42. The van der Waals surface area contributed by atoms with Crippen LogP contribution >= 0.6 is 0 Å². The second-order valence-electron chi connectivity index (χ2n) is 9.82. The maximum absolute atomic E-state index is 12.3. The minimum absolute atomic E-state index is 0.0616. The molecule has 12 heteroatoms. The largest absolute Gasteiger partial charge is 0.493 e. The molecule has 1 N–H and O–H groups in total. The molecule has 3 aromatic heterocycles. The molecule has 5 rings (SSSR count). The van der Waals surface area contributed by atoms with E-state index in [2.05, 4.69) is 31.3 Å². The molecular weight excluding hydrogens is 530 g/mol. The summed E-state index contributed by atoms with van der Waals surface area (Å²) < 4.78 is 38.6. The Labute approximate surface area is 233 Å². The van der Waals surface area contributed by atoms with Gasteiger partial charge in [-0.2, -0.15) is 5.26 Å². The van der Waals surface area contributed by atoms with Crippen molar-refractivity contribution in [2.75, 3.05) is 24.8 Å². The number of imidazole rings is 1. The predicted octanol–water partition coefficient (Wildman–Crippen LogP) is 4.74. The minimum atomic E-state index is -3.51. The van der Waals surface area contributed by atoms with E-state index in [0.29, 0.717) is 52.6 Å². The summed E-state index contributed by atoms with van der Waals surface area (Å²) in [7, 11) is -3.51.